The van der Waals surface area contributed by atoms with Crippen LogP contribution in [0.4, 0.5) is 0 Å². The number of hydrogen-bond acceptors (Lipinski definition) is 5. The fourth-order valence-electron chi connectivity index (χ4n) is 0.805. The van der Waals surface area contributed by atoms with Crippen molar-refractivity contribution in [2.45, 2.75) is 32.8 Å². The number of rotatable bonds is 3. The SMILES string of the molecule is COC(=O)C[C@H](C#N)C(=O)OC(C)(C)C. The molecule has 5 nitrogen and oxygen atoms in total. The lowest BCUT2D eigenvalue weighted by Crippen LogP contribution is -2.29. The molecule has 0 aromatic rings. The average molecular weight is 213 g/mol. The van der Waals surface area contributed by atoms with E-state index in [2.05, 4.69) is 4.74 Å². The summed E-state index contributed by atoms with van der Waals surface area (Å²) in [5.74, 6) is -2.40. The molecule has 0 fully saturated rings. The summed E-state index contributed by atoms with van der Waals surface area (Å²) >= 11 is 0. The van der Waals surface area contributed by atoms with Gasteiger partial charge in [-0.05, 0) is 20.8 Å². The first-order chi connectivity index (χ1) is 6.80. The van der Waals surface area contributed by atoms with Gasteiger partial charge in [0.25, 0.3) is 0 Å². The van der Waals surface area contributed by atoms with E-state index in [0.29, 0.717) is 0 Å². The minimum absolute atomic E-state index is 0.276. The Hall–Kier alpha value is -1.57. The molecule has 0 radical (unpaired) electrons. The zero-order valence-corrected chi connectivity index (χ0v) is 9.36. The van der Waals surface area contributed by atoms with Crippen molar-refractivity contribution in [2.24, 2.45) is 5.92 Å². The molecular weight excluding hydrogens is 198 g/mol. The summed E-state index contributed by atoms with van der Waals surface area (Å²) in [5.41, 5.74) is -0.664. The average Bonchev–Trinajstić information content (AvgIpc) is 2.10. The van der Waals surface area contributed by atoms with Crippen molar-refractivity contribution >= 4 is 11.9 Å². The summed E-state index contributed by atoms with van der Waals surface area (Å²) in [6.07, 6.45) is -0.276. The Labute approximate surface area is 89.0 Å². The summed E-state index contributed by atoms with van der Waals surface area (Å²) in [5, 5.41) is 8.68. The normalized spacial score (nSPS) is 12.5. The van der Waals surface area contributed by atoms with Gasteiger partial charge in [0.05, 0.1) is 19.6 Å². The van der Waals surface area contributed by atoms with E-state index in [-0.39, 0.29) is 6.42 Å². The van der Waals surface area contributed by atoms with Crippen molar-refractivity contribution in [3.05, 3.63) is 0 Å². The molecule has 0 amide bonds. The van der Waals surface area contributed by atoms with Crippen molar-refractivity contribution in [3.63, 3.8) is 0 Å². The monoisotopic (exact) mass is 213 g/mol. The summed E-state index contributed by atoms with van der Waals surface area (Å²) in [6, 6.07) is 1.71. The zero-order chi connectivity index (χ0) is 12.1. The smallest absolute Gasteiger partial charge is 0.324 e. The third-order valence-electron chi connectivity index (χ3n) is 1.45. The summed E-state index contributed by atoms with van der Waals surface area (Å²) in [4.78, 5) is 22.3. The minimum Gasteiger partial charge on any atom is -0.469 e. The molecule has 1 atom stereocenters. The van der Waals surface area contributed by atoms with Gasteiger partial charge >= 0.3 is 11.9 Å². The van der Waals surface area contributed by atoms with Gasteiger partial charge in [0, 0.05) is 0 Å². The lowest BCUT2D eigenvalue weighted by Gasteiger charge is -2.20. The van der Waals surface area contributed by atoms with E-state index in [4.69, 9.17) is 10.00 Å². The molecule has 0 saturated heterocycles. The standard InChI is InChI=1S/C10H15NO4/c1-10(2,3)15-9(13)7(6-11)5-8(12)14-4/h7H,5H2,1-4H3/t7-/m1/s1. The second-order valence-corrected chi connectivity index (χ2v) is 4.00. The van der Waals surface area contributed by atoms with Gasteiger partial charge in [-0.2, -0.15) is 5.26 Å². The Kier molecular flexibility index (Phi) is 4.79. The van der Waals surface area contributed by atoms with Crippen LogP contribution in [0, 0.1) is 17.2 Å². The maximum atomic E-state index is 11.4. The largest absolute Gasteiger partial charge is 0.469 e. The third kappa shape index (κ3) is 5.68. The molecule has 0 aliphatic rings. The third-order valence-corrected chi connectivity index (χ3v) is 1.45. The van der Waals surface area contributed by atoms with Crippen molar-refractivity contribution in [2.75, 3.05) is 7.11 Å². The fourth-order valence-corrected chi connectivity index (χ4v) is 0.805. The Bertz CT molecular complexity index is 285. The highest BCUT2D eigenvalue weighted by molar-refractivity contribution is 5.82. The molecule has 0 aliphatic carbocycles. The topological polar surface area (TPSA) is 76.4 Å². The molecule has 0 rings (SSSR count). The summed E-state index contributed by atoms with van der Waals surface area (Å²) < 4.78 is 9.33. The van der Waals surface area contributed by atoms with Crippen LogP contribution < -0.4 is 0 Å². The Balaban J connectivity index is 4.38. The van der Waals surface area contributed by atoms with E-state index in [1.54, 1.807) is 26.8 Å². The number of methoxy groups -OCH3 is 1. The summed E-state index contributed by atoms with van der Waals surface area (Å²) in [7, 11) is 1.20. The second kappa shape index (κ2) is 5.35. The van der Waals surface area contributed by atoms with Crippen molar-refractivity contribution in [3.8, 4) is 6.07 Å². The lowest BCUT2D eigenvalue weighted by molar-refractivity contribution is -0.161. The number of nitriles is 1. The van der Waals surface area contributed by atoms with Crippen LogP contribution >= 0.6 is 0 Å². The fraction of sp³-hybridized carbons (Fsp3) is 0.700. The lowest BCUT2D eigenvalue weighted by atomic mass is 10.1. The number of ether oxygens (including phenoxy) is 2. The number of hydrogen-bond donors (Lipinski definition) is 0. The summed E-state index contributed by atoms with van der Waals surface area (Å²) in [6.45, 7) is 5.08. The first-order valence-electron chi connectivity index (χ1n) is 4.49. The highest BCUT2D eigenvalue weighted by Gasteiger charge is 2.27. The molecule has 0 aliphatic heterocycles. The highest BCUT2D eigenvalue weighted by atomic mass is 16.6. The molecule has 0 saturated carbocycles. The van der Waals surface area contributed by atoms with Gasteiger partial charge in [0.15, 0.2) is 5.92 Å². The van der Waals surface area contributed by atoms with E-state index >= 15 is 0 Å². The Morgan fingerprint density at radius 2 is 1.93 bits per heavy atom. The molecule has 5 heteroatoms. The number of esters is 2. The van der Waals surface area contributed by atoms with Crippen LogP contribution in [0.15, 0.2) is 0 Å². The molecule has 0 N–H and O–H groups in total. The van der Waals surface area contributed by atoms with E-state index in [1.165, 1.54) is 7.11 Å². The van der Waals surface area contributed by atoms with Crippen LogP contribution in [0.2, 0.25) is 0 Å². The minimum atomic E-state index is -1.10. The quantitative estimate of drug-likeness (QED) is 0.654. The van der Waals surface area contributed by atoms with Gasteiger partial charge < -0.3 is 9.47 Å². The van der Waals surface area contributed by atoms with E-state index in [1.807, 2.05) is 0 Å². The van der Waals surface area contributed by atoms with Crippen LogP contribution in [-0.2, 0) is 19.1 Å². The number of carbonyl (C=O) groups excluding carboxylic acids is 2. The maximum absolute atomic E-state index is 11.4. The van der Waals surface area contributed by atoms with Crippen molar-refractivity contribution in [1.29, 1.82) is 5.26 Å². The van der Waals surface area contributed by atoms with Gasteiger partial charge in [-0.15, -0.1) is 0 Å². The number of carbonyl (C=O) groups is 2. The van der Waals surface area contributed by atoms with Crippen LogP contribution in [0.25, 0.3) is 0 Å². The van der Waals surface area contributed by atoms with Gasteiger partial charge in [-0.1, -0.05) is 0 Å². The molecule has 0 aromatic carbocycles. The first kappa shape index (κ1) is 13.4. The molecule has 0 bridgehead atoms. The van der Waals surface area contributed by atoms with Gasteiger partial charge in [-0.3, -0.25) is 9.59 Å². The van der Waals surface area contributed by atoms with Crippen molar-refractivity contribution in [1.82, 2.24) is 0 Å². The second-order valence-electron chi connectivity index (χ2n) is 4.00. The van der Waals surface area contributed by atoms with E-state index in [0.717, 1.165) is 0 Å². The molecule has 15 heavy (non-hydrogen) atoms. The molecule has 0 unspecified atom stereocenters. The van der Waals surface area contributed by atoms with Crippen LogP contribution in [0.3, 0.4) is 0 Å². The van der Waals surface area contributed by atoms with Gasteiger partial charge in [0.1, 0.15) is 5.60 Å². The first-order valence-corrected chi connectivity index (χ1v) is 4.49. The Morgan fingerprint density at radius 1 is 1.40 bits per heavy atom. The molecular formula is C10H15NO4. The van der Waals surface area contributed by atoms with Crippen LogP contribution in [-0.4, -0.2) is 24.6 Å². The molecule has 0 aromatic heterocycles. The maximum Gasteiger partial charge on any atom is 0.324 e. The van der Waals surface area contributed by atoms with E-state index in [9.17, 15) is 9.59 Å². The van der Waals surface area contributed by atoms with E-state index < -0.39 is 23.5 Å². The van der Waals surface area contributed by atoms with Crippen LogP contribution in [0.1, 0.15) is 27.2 Å². The molecule has 84 valence electrons. The predicted molar refractivity (Wildman–Crippen MR) is 51.6 cm³/mol. The molecule has 0 heterocycles. The van der Waals surface area contributed by atoms with Gasteiger partial charge in [0.2, 0.25) is 0 Å². The Morgan fingerprint density at radius 3 is 2.27 bits per heavy atom. The number of nitrogens with zero attached hydrogens (tertiary/aromatic N) is 1. The predicted octanol–water partition coefficient (Wildman–Crippen LogP) is 1.03. The van der Waals surface area contributed by atoms with Crippen LogP contribution in [0.5, 0.6) is 0 Å². The van der Waals surface area contributed by atoms with Crippen molar-refractivity contribution < 1.29 is 19.1 Å². The zero-order valence-electron chi connectivity index (χ0n) is 9.36. The molecule has 0 spiro atoms. The van der Waals surface area contributed by atoms with Gasteiger partial charge in [-0.25, -0.2) is 0 Å². The highest BCUT2D eigenvalue weighted by Crippen LogP contribution is 2.13.